The quantitative estimate of drug-likeness (QED) is 0.829. The minimum absolute atomic E-state index is 0.813. The lowest BCUT2D eigenvalue weighted by atomic mass is 10.4. The first-order valence-corrected chi connectivity index (χ1v) is 5.23. The van der Waals surface area contributed by atoms with E-state index < -0.39 is 0 Å². The second kappa shape index (κ2) is 3.75. The Kier molecular flexibility index (Phi) is 2.45. The van der Waals surface area contributed by atoms with Crippen LogP contribution in [-0.4, -0.2) is 26.5 Å². The van der Waals surface area contributed by atoms with E-state index >= 15 is 0 Å². The summed E-state index contributed by atoms with van der Waals surface area (Å²) in [5, 5.41) is 14.2. The van der Waals surface area contributed by atoms with E-state index in [4.69, 9.17) is 0 Å². The van der Waals surface area contributed by atoms with Crippen LogP contribution in [0.5, 0.6) is 0 Å². The summed E-state index contributed by atoms with van der Waals surface area (Å²) in [6.07, 6.45) is 1.71. The highest BCUT2D eigenvalue weighted by atomic mass is 32.1. The van der Waals surface area contributed by atoms with Crippen LogP contribution in [0.3, 0.4) is 0 Å². The maximum Gasteiger partial charge on any atom is 0.183 e. The molecule has 0 saturated heterocycles. The third-order valence-electron chi connectivity index (χ3n) is 1.69. The van der Waals surface area contributed by atoms with Crippen LogP contribution in [0.2, 0.25) is 0 Å². The van der Waals surface area contributed by atoms with Gasteiger partial charge in [-0.25, -0.2) is 4.98 Å². The third-order valence-corrected chi connectivity index (χ3v) is 2.49. The zero-order chi connectivity index (χ0) is 9.97. The van der Waals surface area contributed by atoms with E-state index in [0.717, 1.165) is 23.1 Å². The highest BCUT2D eigenvalue weighted by Gasteiger charge is 2.06. The van der Waals surface area contributed by atoms with Gasteiger partial charge in [-0.3, -0.25) is 0 Å². The molecule has 0 fully saturated rings. The molecule has 0 amide bonds. The number of aromatic nitrogens is 4. The van der Waals surface area contributed by atoms with Crippen LogP contribution < -0.4 is 5.32 Å². The van der Waals surface area contributed by atoms with E-state index in [9.17, 15) is 0 Å². The van der Waals surface area contributed by atoms with Crippen LogP contribution in [0.1, 0.15) is 6.92 Å². The predicted octanol–water partition coefficient (Wildman–Crippen LogP) is 1.37. The molecule has 0 aliphatic carbocycles. The lowest BCUT2D eigenvalue weighted by Crippen LogP contribution is -1.95. The largest absolute Gasteiger partial charge is 0.362 e. The van der Waals surface area contributed by atoms with Crippen LogP contribution in [0.15, 0.2) is 11.6 Å². The molecule has 0 aromatic carbocycles. The average molecular weight is 209 g/mol. The summed E-state index contributed by atoms with van der Waals surface area (Å²) in [5.41, 5.74) is 1.69. The normalized spacial score (nSPS) is 10.4. The van der Waals surface area contributed by atoms with Gasteiger partial charge in [0.1, 0.15) is 11.4 Å². The van der Waals surface area contributed by atoms with Crippen LogP contribution in [0.4, 0.5) is 5.13 Å². The Hall–Kier alpha value is -1.43. The summed E-state index contributed by atoms with van der Waals surface area (Å²) >= 11 is 1.58. The molecule has 2 rings (SSSR count). The molecule has 0 bridgehead atoms. The maximum absolute atomic E-state index is 4.38. The molecule has 0 radical (unpaired) electrons. The summed E-state index contributed by atoms with van der Waals surface area (Å²) in [6, 6.07) is 0. The fourth-order valence-corrected chi connectivity index (χ4v) is 1.86. The van der Waals surface area contributed by atoms with Crippen molar-refractivity contribution < 1.29 is 0 Å². The second-order valence-corrected chi connectivity index (χ2v) is 3.65. The molecule has 14 heavy (non-hydrogen) atoms. The van der Waals surface area contributed by atoms with Crippen molar-refractivity contribution in [2.45, 2.75) is 6.92 Å². The van der Waals surface area contributed by atoms with E-state index in [1.807, 2.05) is 12.3 Å². The lowest BCUT2D eigenvalue weighted by Gasteiger charge is -1.93. The summed E-state index contributed by atoms with van der Waals surface area (Å²) in [4.78, 5) is 5.90. The molecule has 2 aromatic rings. The van der Waals surface area contributed by atoms with Crippen molar-refractivity contribution in [3.05, 3.63) is 11.6 Å². The Morgan fingerprint density at radius 1 is 1.50 bits per heavy atom. The van der Waals surface area contributed by atoms with Gasteiger partial charge in [0, 0.05) is 19.0 Å². The van der Waals surface area contributed by atoms with Crippen molar-refractivity contribution in [2.24, 2.45) is 7.05 Å². The zero-order valence-corrected chi connectivity index (χ0v) is 8.88. The molecule has 0 aliphatic rings. The first-order chi connectivity index (χ1) is 6.79. The molecule has 0 spiro atoms. The summed E-state index contributed by atoms with van der Waals surface area (Å²) in [6.45, 7) is 2.93. The number of aryl methyl sites for hydroxylation is 1. The SMILES string of the molecule is CCNc1nc(-c2cnn(C)n2)cs1. The van der Waals surface area contributed by atoms with Gasteiger partial charge in [-0.05, 0) is 6.92 Å². The Bertz CT molecular complexity index is 419. The summed E-state index contributed by atoms with van der Waals surface area (Å²) in [7, 11) is 1.79. The van der Waals surface area contributed by atoms with Gasteiger partial charge >= 0.3 is 0 Å². The number of nitrogens with zero attached hydrogens (tertiary/aromatic N) is 4. The molecule has 6 heteroatoms. The van der Waals surface area contributed by atoms with Gasteiger partial charge in [0.25, 0.3) is 0 Å². The smallest absolute Gasteiger partial charge is 0.183 e. The van der Waals surface area contributed by atoms with E-state index in [0.29, 0.717) is 0 Å². The van der Waals surface area contributed by atoms with Gasteiger partial charge in [0.15, 0.2) is 5.13 Å². The molecule has 5 nitrogen and oxygen atoms in total. The van der Waals surface area contributed by atoms with Crippen molar-refractivity contribution in [3.8, 4) is 11.4 Å². The highest BCUT2D eigenvalue weighted by Crippen LogP contribution is 2.22. The average Bonchev–Trinajstić information content (AvgIpc) is 2.74. The van der Waals surface area contributed by atoms with Crippen molar-refractivity contribution in [3.63, 3.8) is 0 Å². The van der Waals surface area contributed by atoms with Gasteiger partial charge in [-0.1, -0.05) is 0 Å². The molecular weight excluding hydrogens is 198 g/mol. The standard InChI is InChI=1S/C8H11N5S/c1-3-9-8-11-7(5-14-8)6-4-10-13(2)12-6/h4-5H,3H2,1-2H3,(H,9,11). The molecule has 0 saturated carbocycles. The van der Waals surface area contributed by atoms with Crippen molar-refractivity contribution in [2.75, 3.05) is 11.9 Å². The van der Waals surface area contributed by atoms with Gasteiger partial charge in [-0.15, -0.1) is 11.3 Å². The maximum atomic E-state index is 4.38. The third kappa shape index (κ3) is 1.74. The summed E-state index contributed by atoms with van der Waals surface area (Å²) in [5.74, 6) is 0. The second-order valence-electron chi connectivity index (χ2n) is 2.79. The van der Waals surface area contributed by atoms with Crippen molar-refractivity contribution >= 4 is 16.5 Å². The van der Waals surface area contributed by atoms with E-state index in [-0.39, 0.29) is 0 Å². The molecule has 2 heterocycles. The van der Waals surface area contributed by atoms with Gasteiger partial charge in [0.05, 0.1) is 6.20 Å². The number of thiazole rings is 1. The van der Waals surface area contributed by atoms with Gasteiger partial charge in [0.2, 0.25) is 0 Å². The monoisotopic (exact) mass is 209 g/mol. The van der Waals surface area contributed by atoms with Crippen molar-refractivity contribution in [1.29, 1.82) is 0 Å². The van der Waals surface area contributed by atoms with Crippen molar-refractivity contribution in [1.82, 2.24) is 20.0 Å². The number of hydrogen-bond acceptors (Lipinski definition) is 5. The van der Waals surface area contributed by atoms with Gasteiger partial charge < -0.3 is 5.32 Å². The van der Waals surface area contributed by atoms with E-state index in [2.05, 4.69) is 20.5 Å². The fourth-order valence-electron chi connectivity index (χ4n) is 1.09. The Balaban J connectivity index is 2.24. The molecule has 1 N–H and O–H groups in total. The first-order valence-electron chi connectivity index (χ1n) is 4.35. The minimum Gasteiger partial charge on any atom is -0.362 e. The van der Waals surface area contributed by atoms with E-state index in [1.54, 1.807) is 24.6 Å². The molecular formula is C8H11N5S. The molecule has 74 valence electrons. The number of nitrogens with one attached hydrogen (secondary N) is 1. The lowest BCUT2D eigenvalue weighted by molar-refractivity contribution is 0.655. The van der Waals surface area contributed by atoms with Crippen LogP contribution >= 0.6 is 11.3 Å². The van der Waals surface area contributed by atoms with Gasteiger partial charge in [-0.2, -0.15) is 15.0 Å². The number of hydrogen-bond donors (Lipinski definition) is 1. The number of anilines is 1. The van der Waals surface area contributed by atoms with Crippen LogP contribution in [0, 0.1) is 0 Å². The Morgan fingerprint density at radius 3 is 3.00 bits per heavy atom. The predicted molar refractivity (Wildman–Crippen MR) is 56.3 cm³/mol. The first kappa shape index (κ1) is 9.14. The molecule has 0 atom stereocenters. The Labute approximate surface area is 85.8 Å². The van der Waals surface area contributed by atoms with Crippen LogP contribution in [-0.2, 0) is 7.05 Å². The minimum atomic E-state index is 0.813. The summed E-state index contributed by atoms with van der Waals surface area (Å²) < 4.78 is 0. The fraction of sp³-hybridized carbons (Fsp3) is 0.375. The van der Waals surface area contributed by atoms with E-state index in [1.165, 1.54) is 4.80 Å². The number of rotatable bonds is 3. The molecule has 0 aliphatic heterocycles. The van der Waals surface area contributed by atoms with Crippen LogP contribution in [0.25, 0.3) is 11.4 Å². The zero-order valence-electron chi connectivity index (χ0n) is 8.06. The molecule has 0 unspecified atom stereocenters. The topological polar surface area (TPSA) is 55.6 Å². The highest BCUT2D eigenvalue weighted by molar-refractivity contribution is 7.14. The Morgan fingerprint density at radius 2 is 2.36 bits per heavy atom. The molecule has 2 aromatic heterocycles.